The highest BCUT2D eigenvalue weighted by atomic mass is 16.3. The van der Waals surface area contributed by atoms with Crippen LogP contribution in [0.4, 0.5) is 17.1 Å². The van der Waals surface area contributed by atoms with Crippen LogP contribution in [0.1, 0.15) is 0 Å². The molecule has 0 bridgehead atoms. The molecule has 0 aliphatic carbocycles. The van der Waals surface area contributed by atoms with Crippen molar-refractivity contribution in [2.45, 2.75) is 0 Å². The molecule has 0 atom stereocenters. The standard InChI is InChI=1S/C62H43NO/c1-3-10-44(11-4-1)46-18-22-48(23-19-46)51-30-36-58(37-31-51)63(59-38-32-52(33-39-59)49-24-20-47(21-25-49)45-12-5-2-6-13-45)60-40-34-53(35-41-60)50-26-28-54(29-27-50)55-15-9-16-56(42-55)62-43-57-14-7-8-17-61(57)64-62/h1-43H. The summed E-state index contributed by atoms with van der Waals surface area (Å²) >= 11 is 0. The Bertz CT molecular complexity index is 3140. The maximum absolute atomic E-state index is 6.18. The average molecular weight is 818 g/mol. The van der Waals surface area contributed by atoms with Crippen LogP contribution in [0.15, 0.2) is 265 Å². The number of nitrogens with zero attached hydrogens (tertiary/aromatic N) is 1. The molecule has 0 aliphatic rings. The Labute approximate surface area is 374 Å². The van der Waals surface area contributed by atoms with Crippen LogP contribution < -0.4 is 4.90 Å². The second kappa shape index (κ2) is 17.1. The van der Waals surface area contributed by atoms with Gasteiger partial charge in [-0.25, -0.2) is 0 Å². The fourth-order valence-corrected chi connectivity index (χ4v) is 8.66. The molecule has 10 aromatic carbocycles. The SMILES string of the molecule is c1ccc(-c2ccc(-c3ccc(N(c4ccc(-c5ccc(-c6ccccc6)cc5)cc4)c4ccc(-c5ccc(-c6cccc(-c7cc8ccccc8o7)c6)cc5)cc4)cc3)cc2)cc1. The van der Waals surface area contributed by atoms with Crippen LogP contribution in [0.25, 0.3) is 89.1 Å². The van der Waals surface area contributed by atoms with E-state index in [0.717, 1.165) is 56.0 Å². The first kappa shape index (κ1) is 38.5. The molecule has 64 heavy (non-hydrogen) atoms. The number of rotatable bonds is 10. The summed E-state index contributed by atoms with van der Waals surface area (Å²) in [5.41, 5.74) is 19.5. The van der Waals surface area contributed by atoms with Gasteiger partial charge >= 0.3 is 0 Å². The molecule has 0 amide bonds. The first-order valence-corrected chi connectivity index (χ1v) is 21.8. The van der Waals surface area contributed by atoms with Crippen LogP contribution in [0, 0.1) is 0 Å². The molecule has 2 nitrogen and oxygen atoms in total. The van der Waals surface area contributed by atoms with E-state index in [-0.39, 0.29) is 0 Å². The van der Waals surface area contributed by atoms with E-state index in [4.69, 9.17) is 4.42 Å². The van der Waals surface area contributed by atoms with Gasteiger partial charge in [0.25, 0.3) is 0 Å². The van der Waals surface area contributed by atoms with Gasteiger partial charge in [-0.3, -0.25) is 0 Å². The number of para-hydroxylation sites is 1. The van der Waals surface area contributed by atoms with Crippen LogP contribution >= 0.6 is 0 Å². The molecule has 0 aliphatic heterocycles. The molecule has 302 valence electrons. The van der Waals surface area contributed by atoms with Gasteiger partial charge in [-0.2, -0.15) is 0 Å². The lowest BCUT2D eigenvalue weighted by Gasteiger charge is -2.26. The van der Waals surface area contributed by atoms with E-state index in [9.17, 15) is 0 Å². The molecular weight excluding hydrogens is 775 g/mol. The van der Waals surface area contributed by atoms with Crippen molar-refractivity contribution >= 4 is 28.0 Å². The second-order valence-corrected chi connectivity index (χ2v) is 16.2. The van der Waals surface area contributed by atoms with Crippen molar-refractivity contribution in [2.24, 2.45) is 0 Å². The largest absolute Gasteiger partial charge is 0.456 e. The Kier molecular flexibility index (Phi) is 10.3. The summed E-state index contributed by atoms with van der Waals surface area (Å²) in [4.78, 5) is 2.34. The number of fused-ring (bicyclic) bond motifs is 1. The predicted molar refractivity (Wildman–Crippen MR) is 269 cm³/mol. The predicted octanol–water partition coefficient (Wildman–Crippen LogP) is 17.6. The molecular formula is C62H43NO. The summed E-state index contributed by atoms with van der Waals surface area (Å²) in [7, 11) is 0. The van der Waals surface area contributed by atoms with Crippen LogP contribution in [-0.4, -0.2) is 0 Å². The van der Waals surface area contributed by atoms with Crippen molar-refractivity contribution in [1.29, 1.82) is 0 Å². The van der Waals surface area contributed by atoms with E-state index in [2.05, 4.69) is 248 Å². The van der Waals surface area contributed by atoms with Gasteiger partial charge in [0.05, 0.1) is 0 Å². The maximum Gasteiger partial charge on any atom is 0.135 e. The Hall–Kier alpha value is -8.46. The van der Waals surface area contributed by atoms with Gasteiger partial charge in [-0.1, -0.05) is 206 Å². The minimum Gasteiger partial charge on any atom is -0.456 e. The molecule has 1 aromatic heterocycles. The number of hydrogen-bond acceptors (Lipinski definition) is 2. The van der Waals surface area contributed by atoms with Crippen molar-refractivity contribution in [2.75, 3.05) is 4.90 Å². The van der Waals surface area contributed by atoms with E-state index in [1.807, 2.05) is 18.2 Å². The van der Waals surface area contributed by atoms with Gasteiger partial charge in [0, 0.05) is 28.0 Å². The highest BCUT2D eigenvalue weighted by Crippen LogP contribution is 2.39. The van der Waals surface area contributed by atoms with Crippen molar-refractivity contribution in [1.82, 2.24) is 0 Å². The Balaban J connectivity index is 0.873. The van der Waals surface area contributed by atoms with Gasteiger partial charge in [0.15, 0.2) is 0 Å². The average Bonchev–Trinajstić information content (AvgIpc) is 3.83. The van der Waals surface area contributed by atoms with E-state index in [1.54, 1.807) is 0 Å². The highest BCUT2D eigenvalue weighted by molar-refractivity contribution is 5.85. The first-order valence-electron chi connectivity index (χ1n) is 21.8. The zero-order valence-electron chi connectivity index (χ0n) is 35.2. The summed E-state index contributed by atoms with van der Waals surface area (Å²) in [5, 5.41) is 1.11. The smallest absolute Gasteiger partial charge is 0.135 e. The minimum atomic E-state index is 0.878. The molecule has 0 saturated carbocycles. The van der Waals surface area contributed by atoms with Crippen molar-refractivity contribution in [3.05, 3.63) is 261 Å². The second-order valence-electron chi connectivity index (χ2n) is 16.2. The molecule has 1 heterocycles. The summed E-state index contributed by atoms with van der Waals surface area (Å²) in [5.74, 6) is 0.878. The van der Waals surface area contributed by atoms with E-state index < -0.39 is 0 Å². The molecule has 0 unspecified atom stereocenters. The van der Waals surface area contributed by atoms with Gasteiger partial charge in [-0.15, -0.1) is 0 Å². The molecule has 0 N–H and O–H groups in total. The van der Waals surface area contributed by atoms with Crippen LogP contribution in [0.3, 0.4) is 0 Å². The minimum absolute atomic E-state index is 0.878. The van der Waals surface area contributed by atoms with Gasteiger partial charge in [0.2, 0.25) is 0 Å². The topological polar surface area (TPSA) is 16.4 Å². The maximum atomic E-state index is 6.18. The Morgan fingerprint density at radius 2 is 0.516 bits per heavy atom. The summed E-state index contributed by atoms with van der Waals surface area (Å²) in [6.07, 6.45) is 0. The van der Waals surface area contributed by atoms with Gasteiger partial charge in [0.1, 0.15) is 11.3 Å². The molecule has 0 radical (unpaired) electrons. The zero-order valence-corrected chi connectivity index (χ0v) is 35.2. The normalized spacial score (nSPS) is 11.1. The van der Waals surface area contributed by atoms with E-state index in [0.29, 0.717) is 0 Å². The van der Waals surface area contributed by atoms with Crippen molar-refractivity contribution < 1.29 is 4.42 Å². The third kappa shape index (κ3) is 7.93. The quantitative estimate of drug-likeness (QED) is 0.137. The first-order chi connectivity index (χ1) is 31.7. The molecule has 0 fully saturated rings. The van der Waals surface area contributed by atoms with Crippen LogP contribution in [0.2, 0.25) is 0 Å². The van der Waals surface area contributed by atoms with Crippen molar-refractivity contribution in [3.8, 4) is 78.1 Å². The fourth-order valence-electron chi connectivity index (χ4n) is 8.66. The van der Waals surface area contributed by atoms with Gasteiger partial charge < -0.3 is 9.32 Å². The lowest BCUT2D eigenvalue weighted by Crippen LogP contribution is -2.09. The number of hydrogen-bond donors (Lipinski definition) is 0. The summed E-state index contributed by atoms with van der Waals surface area (Å²) < 4.78 is 6.18. The van der Waals surface area contributed by atoms with Crippen LogP contribution in [-0.2, 0) is 0 Å². The third-order valence-electron chi connectivity index (χ3n) is 12.2. The van der Waals surface area contributed by atoms with Crippen molar-refractivity contribution in [3.63, 3.8) is 0 Å². The Morgan fingerprint density at radius 3 is 0.906 bits per heavy atom. The third-order valence-corrected chi connectivity index (χ3v) is 12.2. The molecule has 11 aromatic rings. The molecule has 11 rings (SSSR count). The number of benzene rings is 10. The number of furan rings is 1. The zero-order chi connectivity index (χ0) is 42.7. The van der Waals surface area contributed by atoms with E-state index in [1.165, 1.54) is 50.1 Å². The lowest BCUT2D eigenvalue weighted by atomic mass is 9.98. The molecule has 0 saturated heterocycles. The summed E-state index contributed by atoms with van der Waals surface area (Å²) in [6, 6.07) is 93.2. The van der Waals surface area contributed by atoms with Crippen LogP contribution in [0.5, 0.6) is 0 Å². The monoisotopic (exact) mass is 817 g/mol. The summed E-state index contributed by atoms with van der Waals surface area (Å²) in [6.45, 7) is 0. The van der Waals surface area contributed by atoms with Gasteiger partial charge in [-0.05, 0) is 121 Å². The molecule has 2 heteroatoms. The number of anilines is 3. The van der Waals surface area contributed by atoms with E-state index >= 15 is 0 Å². The highest BCUT2D eigenvalue weighted by Gasteiger charge is 2.15. The fraction of sp³-hybridized carbons (Fsp3) is 0. The molecule has 0 spiro atoms. The lowest BCUT2D eigenvalue weighted by molar-refractivity contribution is 0.631. The Morgan fingerprint density at radius 1 is 0.219 bits per heavy atom.